The summed E-state index contributed by atoms with van der Waals surface area (Å²) in [6.45, 7) is 5.25. The van der Waals surface area contributed by atoms with Crippen LogP contribution in [0.5, 0.6) is 0 Å². The smallest absolute Gasteiger partial charge is 0.255 e. The van der Waals surface area contributed by atoms with E-state index in [1.54, 1.807) is 29.2 Å². The van der Waals surface area contributed by atoms with E-state index in [0.717, 1.165) is 0 Å². The third-order valence-corrected chi connectivity index (χ3v) is 4.00. The minimum Gasteiger partial charge on any atom is -0.369 e. The van der Waals surface area contributed by atoms with Gasteiger partial charge in [0.05, 0.1) is 17.2 Å². The fraction of sp³-hybridized carbons (Fsp3) is 0.438. The molecule has 1 aliphatic rings. The molecule has 22 heavy (non-hydrogen) atoms. The third kappa shape index (κ3) is 2.95. The number of hydrogen-bond acceptors (Lipinski definition) is 3. The molecule has 0 radical (unpaired) electrons. The van der Waals surface area contributed by atoms with Gasteiger partial charge in [0.15, 0.2) is 0 Å². The molecule has 0 aromatic heterocycles. The van der Waals surface area contributed by atoms with E-state index in [1.165, 1.54) is 4.90 Å². The van der Waals surface area contributed by atoms with Crippen LogP contribution < -0.4 is 10.6 Å². The van der Waals surface area contributed by atoms with Crippen molar-refractivity contribution in [1.29, 1.82) is 0 Å². The van der Waals surface area contributed by atoms with E-state index in [1.807, 2.05) is 13.8 Å². The average molecular weight is 303 g/mol. The van der Waals surface area contributed by atoms with Gasteiger partial charge >= 0.3 is 0 Å². The van der Waals surface area contributed by atoms with Crippen molar-refractivity contribution in [3.8, 4) is 0 Å². The number of rotatable bonds is 5. The number of benzene rings is 1. The van der Waals surface area contributed by atoms with Gasteiger partial charge in [-0.15, -0.1) is 0 Å². The van der Waals surface area contributed by atoms with Crippen LogP contribution in [-0.2, 0) is 9.59 Å². The summed E-state index contributed by atoms with van der Waals surface area (Å²) in [5.41, 5.74) is 6.32. The molecule has 1 aliphatic heterocycles. The summed E-state index contributed by atoms with van der Waals surface area (Å²) in [4.78, 5) is 39.3. The first-order valence-corrected chi connectivity index (χ1v) is 7.47. The fourth-order valence-electron chi connectivity index (χ4n) is 2.70. The number of carbonyl (C=O) groups excluding carboxylic acids is 3. The number of anilines is 1. The zero-order valence-electron chi connectivity index (χ0n) is 12.9. The molecule has 1 heterocycles. The molecule has 1 fully saturated rings. The minimum atomic E-state index is -0.496. The maximum atomic E-state index is 12.6. The Morgan fingerprint density at radius 1 is 1.27 bits per heavy atom. The van der Waals surface area contributed by atoms with E-state index in [9.17, 15) is 14.4 Å². The van der Waals surface area contributed by atoms with E-state index < -0.39 is 11.8 Å². The normalized spacial score (nSPS) is 17.6. The molecule has 0 aliphatic carbocycles. The lowest BCUT2D eigenvalue weighted by molar-refractivity contribution is -0.123. The van der Waals surface area contributed by atoms with Crippen molar-refractivity contribution < 1.29 is 14.4 Å². The Morgan fingerprint density at radius 3 is 2.45 bits per heavy atom. The third-order valence-electron chi connectivity index (χ3n) is 4.00. The average Bonchev–Trinajstić information content (AvgIpc) is 2.90. The van der Waals surface area contributed by atoms with Crippen LogP contribution in [0.15, 0.2) is 24.3 Å². The highest BCUT2D eigenvalue weighted by Gasteiger charge is 2.35. The molecule has 1 unspecified atom stereocenters. The van der Waals surface area contributed by atoms with Gasteiger partial charge in [0.25, 0.3) is 5.91 Å². The molecule has 0 bridgehead atoms. The van der Waals surface area contributed by atoms with Gasteiger partial charge in [-0.2, -0.15) is 0 Å². The van der Waals surface area contributed by atoms with E-state index in [4.69, 9.17) is 5.73 Å². The fourth-order valence-corrected chi connectivity index (χ4v) is 2.70. The topological polar surface area (TPSA) is 83.7 Å². The summed E-state index contributed by atoms with van der Waals surface area (Å²) >= 11 is 0. The number of nitrogens with zero attached hydrogens (tertiary/aromatic N) is 2. The Balaban J connectivity index is 2.35. The zero-order valence-corrected chi connectivity index (χ0v) is 12.9. The van der Waals surface area contributed by atoms with Crippen LogP contribution in [0.1, 0.15) is 30.6 Å². The minimum absolute atomic E-state index is 0.100. The lowest BCUT2D eigenvalue weighted by Gasteiger charge is -2.24. The summed E-state index contributed by atoms with van der Waals surface area (Å²) in [6, 6.07) is 6.99. The number of hydrogen-bond donors (Lipinski definition) is 1. The van der Waals surface area contributed by atoms with Gasteiger partial charge in [-0.1, -0.05) is 12.1 Å². The molecule has 6 heteroatoms. The van der Waals surface area contributed by atoms with Gasteiger partial charge in [0.2, 0.25) is 11.8 Å². The van der Waals surface area contributed by atoms with Crippen LogP contribution >= 0.6 is 0 Å². The predicted molar refractivity (Wildman–Crippen MR) is 83.3 cm³/mol. The molecule has 2 N–H and O–H groups in total. The highest BCUT2D eigenvalue weighted by Crippen LogP contribution is 2.28. The predicted octanol–water partition coefficient (Wildman–Crippen LogP) is 1.01. The van der Waals surface area contributed by atoms with Gasteiger partial charge < -0.3 is 15.5 Å². The number of amides is 3. The van der Waals surface area contributed by atoms with E-state index in [-0.39, 0.29) is 24.8 Å². The van der Waals surface area contributed by atoms with E-state index in [0.29, 0.717) is 24.3 Å². The first-order valence-electron chi connectivity index (χ1n) is 7.47. The summed E-state index contributed by atoms with van der Waals surface area (Å²) in [7, 11) is 0. The van der Waals surface area contributed by atoms with E-state index in [2.05, 4.69) is 0 Å². The van der Waals surface area contributed by atoms with Crippen LogP contribution in [0, 0.1) is 5.92 Å². The van der Waals surface area contributed by atoms with Crippen LogP contribution in [0.2, 0.25) is 0 Å². The Kier molecular flexibility index (Phi) is 4.80. The van der Waals surface area contributed by atoms with Gasteiger partial charge in [0.1, 0.15) is 0 Å². The standard InChI is InChI=1S/C16H21N3O3/c1-3-18(4-2)16(22)12-7-5-6-8-13(12)19-10-11(15(17)21)9-14(19)20/h5-8,11H,3-4,9-10H2,1-2H3,(H2,17,21). The molecule has 3 amide bonds. The van der Waals surface area contributed by atoms with Crippen molar-refractivity contribution in [2.24, 2.45) is 11.7 Å². The molecule has 1 atom stereocenters. The summed E-state index contributed by atoms with van der Waals surface area (Å²) in [5.74, 6) is -1.27. The van der Waals surface area contributed by atoms with Crippen LogP contribution in [0.25, 0.3) is 0 Å². The van der Waals surface area contributed by atoms with Gasteiger partial charge in [-0.25, -0.2) is 0 Å². The monoisotopic (exact) mass is 303 g/mol. The highest BCUT2D eigenvalue weighted by molar-refractivity contribution is 6.07. The maximum absolute atomic E-state index is 12.6. The Hall–Kier alpha value is -2.37. The largest absolute Gasteiger partial charge is 0.369 e. The van der Waals surface area contributed by atoms with Gasteiger partial charge in [-0.05, 0) is 26.0 Å². The highest BCUT2D eigenvalue weighted by atomic mass is 16.2. The van der Waals surface area contributed by atoms with Gasteiger partial charge in [-0.3, -0.25) is 14.4 Å². The molecule has 0 saturated carbocycles. The van der Waals surface area contributed by atoms with Crippen molar-refractivity contribution in [3.05, 3.63) is 29.8 Å². The first kappa shape index (κ1) is 16.0. The second-order valence-corrected chi connectivity index (χ2v) is 5.30. The number of para-hydroxylation sites is 1. The van der Waals surface area contributed by atoms with Crippen molar-refractivity contribution in [2.45, 2.75) is 20.3 Å². The molecule has 0 spiro atoms. The molecular formula is C16H21N3O3. The molecular weight excluding hydrogens is 282 g/mol. The Morgan fingerprint density at radius 2 is 1.91 bits per heavy atom. The van der Waals surface area contributed by atoms with Crippen molar-refractivity contribution in [3.63, 3.8) is 0 Å². The quantitative estimate of drug-likeness (QED) is 0.881. The lowest BCUT2D eigenvalue weighted by Crippen LogP contribution is -2.34. The van der Waals surface area contributed by atoms with E-state index >= 15 is 0 Å². The lowest BCUT2D eigenvalue weighted by atomic mass is 10.1. The number of carbonyl (C=O) groups is 3. The summed E-state index contributed by atoms with van der Waals surface area (Å²) in [6.07, 6.45) is 0.100. The molecule has 1 aromatic carbocycles. The van der Waals surface area contributed by atoms with Gasteiger partial charge in [0, 0.05) is 26.1 Å². The number of primary amides is 1. The first-order chi connectivity index (χ1) is 10.5. The molecule has 1 aromatic rings. The van der Waals surface area contributed by atoms with Crippen molar-refractivity contribution >= 4 is 23.4 Å². The zero-order chi connectivity index (χ0) is 16.3. The molecule has 118 valence electrons. The summed E-state index contributed by atoms with van der Waals surface area (Å²) < 4.78 is 0. The second kappa shape index (κ2) is 6.60. The molecule has 2 rings (SSSR count). The second-order valence-electron chi connectivity index (χ2n) is 5.30. The number of nitrogens with two attached hydrogens (primary N) is 1. The van der Waals surface area contributed by atoms with Crippen molar-refractivity contribution in [2.75, 3.05) is 24.5 Å². The van der Waals surface area contributed by atoms with Crippen molar-refractivity contribution in [1.82, 2.24) is 4.90 Å². The van der Waals surface area contributed by atoms with Crippen LogP contribution in [0.3, 0.4) is 0 Å². The van der Waals surface area contributed by atoms with Crippen LogP contribution in [-0.4, -0.2) is 42.3 Å². The Labute approximate surface area is 129 Å². The Bertz CT molecular complexity index is 596. The molecule has 1 saturated heterocycles. The molecule has 6 nitrogen and oxygen atoms in total. The SMILES string of the molecule is CCN(CC)C(=O)c1ccccc1N1CC(C(N)=O)CC1=O. The van der Waals surface area contributed by atoms with Crippen LogP contribution in [0.4, 0.5) is 5.69 Å². The summed E-state index contributed by atoms with van der Waals surface area (Å²) in [5, 5.41) is 0. The maximum Gasteiger partial charge on any atom is 0.255 e.